The van der Waals surface area contributed by atoms with Gasteiger partial charge in [0.25, 0.3) is 11.8 Å². The van der Waals surface area contributed by atoms with Crippen LogP contribution in [0.5, 0.6) is 0 Å². The number of hydrazine groups is 1. The molecule has 0 aromatic heterocycles. The fraction of sp³-hybridized carbons (Fsp3) is 0.0625. The number of aryl methyl sites for hydroxylation is 1. The molecule has 0 bridgehead atoms. The highest BCUT2D eigenvalue weighted by atomic mass is 79.9. The lowest BCUT2D eigenvalue weighted by atomic mass is 10.1. The van der Waals surface area contributed by atoms with Gasteiger partial charge in [0.2, 0.25) is 0 Å². The van der Waals surface area contributed by atoms with Gasteiger partial charge in [0.05, 0.1) is 5.56 Å². The van der Waals surface area contributed by atoms with E-state index in [0.717, 1.165) is 5.56 Å². The molecule has 0 aliphatic carbocycles. The highest BCUT2D eigenvalue weighted by molar-refractivity contribution is 9.10. The minimum Gasteiger partial charge on any atom is -0.298 e. The van der Waals surface area contributed by atoms with E-state index >= 15 is 0 Å². The number of carbonyl (C=O) groups excluding carboxylic acids is 2. The van der Waals surface area contributed by atoms with Crippen molar-refractivity contribution in [3.63, 3.8) is 0 Å². The molecule has 0 saturated carbocycles. The van der Waals surface area contributed by atoms with Gasteiger partial charge < -0.3 is 0 Å². The zero-order chi connectivity index (χ0) is 16.8. The number of halogens is 1. The molecular formula is C16H14BrN3O2S. The Morgan fingerprint density at radius 1 is 0.913 bits per heavy atom. The van der Waals surface area contributed by atoms with Crippen molar-refractivity contribution in [1.82, 2.24) is 16.2 Å². The summed E-state index contributed by atoms with van der Waals surface area (Å²) >= 11 is 8.29. The molecule has 0 spiro atoms. The SMILES string of the molecule is Cc1ccccc1C(=O)NNC(=S)NC(=O)c1ccccc1Br. The molecule has 0 aliphatic heterocycles. The van der Waals surface area contributed by atoms with Crippen LogP contribution in [-0.2, 0) is 0 Å². The first-order valence-electron chi connectivity index (χ1n) is 6.71. The smallest absolute Gasteiger partial charge is 0.269 e. The van der Waals surface area contributed by atoms with Crippen LogP contribution in [-0.4, -0.2) is 16.9 Å². The molecule has 23 heavy (non-hydrogen) atoms. The summed E-state index contributed by atoms with van der Waals surface area (Å²) in [6.07, 6.45) is 0. The van der Waals surface area contributed by atoms with Crippen molar-refractivity contribution < 1.29 is 9.59 Å². The molecule has 0 aliphatic rings. The molecule has 3 N–H and O–H groups in total. The van der Waals surface area contributed by atoms with Crippen molar-refractivity contribution in [2.24, 2.45) is 0 Å². The van der Waals surface area contributed by atoms with Gasteiger partial charge >= 0.3 is 0 Å². The minimum atomic E-state index is -0.375. The van der Waals surface area contributed by atoms with E-state index in [0.29, 0.717) is 15.6 Å². The Bertz CT molecular complexity index is 764. The van der Waals surface area contributed by atoms with Gasteiger partial charge in [-0.15, -0.1) is 0 Å². The molecule has 0 heterocycles. The molecule has 118 valence electrons. The Labute approximate surface area is 147 Å². The van der Waals surface area contributed by atoms with Gasteiger partial charge in [-0.05, 0) is 58.8 Å². The Kier molecular flexibility index (Phi) is 5.84. The van der Waals surface area contributed by atoms with Crippen molar-refractivity contribution in [3.8, 4) is 0 Å². The van der Waals surface area contributed by atoms with Crippen LogP contribution in [0.2, 0.25) is 0 Å². The average molecular weight is 392 g/mol. The van der Waals surface area contributed by atoms with Crippen LogP contribution in [0.4, 0.5) is 0 Å². The van der Waals surface area contributed by atoms with E-state index < -0.39 is 0 Å². The zero-order valence-electron chi connectivity index (χ0n) is 12.2. The van der Waals surface area contributed by atoms with Gasteiger partial charge in [-0.2, -0.15) is 0 Å². The highest BCUT2D eigenvalue weighted by Gasteiger charge is 2.12. The first-order chi connectivity index (χ1) is 11.0. The van der Waals surface area contributed by atoms with Gasteiger partial charge in [-0.1, -0.05) is 30.3 Å². The molecule has 7 heteroatoms. The normalized spacial score (nSPS) is 9.83. The van der Waals surface area contributed by atoms with Crippen LogP contribution >= 0.6 is 28.1 Å². The van der Waals surface area contributed by atoms with Crippen molar-refractivity contribution in [2.75, 3.05) is 0 Å². The van der Waals surface area contributed by atoms with Crippen LogP contribution in [0, 0.1) is 6.92 Å². The summed E-state index contributed by atoms with van der Waals surface area (Å²) < 4.78 is 0.657. The second kappa shape index (κ2) is 7.85. The summed E-state index contributed by atoms with van der Waals surface area (Å²) in [5.41, 5.74) is 6.78. The Morgan fingerprint density at radius 2 is 1.52 bits per heavy atom. The number of hydrogen-bond donors (Lipinski definition) is 3. The van der Waals surface area contributed by atoms with Gasteiger partial charge in [0.1, 0.15) is 0 Å². The highest BCUT2D eigenvalue weighted by Crippen LogP contribution is 2.15. The maximum Gasteiger partial charge on any atom is 0.269 e. The summed E-state index contributed by atoms with van der Waals surface area (Å²) in [5, 5.41) is 2.50. The number of rotatable bonds is 2. The standard InChI is InChI=1S/C16H14BrN3O2S/c1-10-6-2-3-7-11(10)15(22)19-20-16(23)18-14(21)12-8-4-5-9-13(12)17/h2-9H,1H3,(H,19,22)(H2,18,20,21,23). The number of benzene rings is 2. The lowest BCUT2D eigenvalue weighted by Gasteiger charge is -2.12. The Balaban J connectivity index is 1.91. The van der Waals surface area contributed by atoms with Crippen molar-refractivity contribution in [1.29, 1.82) is 0 Å². The molecule has 0 unspecified atom stereocenters. The Hall–Kier alpha value is -2.25. The third-order valence-electron chi connectivity index (χ3n) is 3.02. The summed E-state index contributed by atoms with van der Waals surface area (Å²) in [7, 11) is 0. The third kappa shape index (κ3) is 4.61. The first kappa shape index (κ1) is 17.1. The predicted octanol–water partition coefficient (Wildman–Crippen LogP) is 2.71. The number of hydrogen-bond acceptors (Lipinski definition) is 3. The van der Waals surface area contributed by atoms with Crippen LogP contribution in [0.3, 0.4) is 0 Å². The first-order valence-corrected chi connectivity index (χ1v) is 7.91. The Morgan fingerprint density at radius 3 is 2.17 bits per heavy atom. The number of thiocarbonyl (C=S) groups is 1. The van der Waals surface area contributed by atoms with E-state index in [2.05, 4.69) is 32.1 Å². The van der Waals surface area contributed by atoms with Crippen LogP contribution < -0.4 is 16.2 Å². The number of nitrogens with one attached hydrogen (secondary N) is 3. The van der Waals surface area contributed by atoms with Crippen molar-refractivity contribution >= 4 is 45.1 Å². The van der Waals surface area contributed by atoms with Gasteiger partial charge in [-0.25, -0.2) is 0 Å². The van der Waals surface area contributed by atoms with Gasteiger partial charge in [0, 0.05) is 10.0 Å². The van der Waals surface area contributed by atoms with E-state index in [1.807, 2.05) is 19.1 Å². The molecular weight excluding hydrogens is 378 g/mol. The minimum absolute atomic E-state index is 0.00712. The second-order valence-corrected chi connectivity index (χ2v) is 5.92. The molecule has 0 radical (unpaired) electrons. The molecule has 2 amide bonds. The van der Waals surface area contributed by atoms with E-state index in [9.17, 15) is 9.59 Å². The summed E-state index contributed by atoms with van der Waals surface area (Å²) in [6, 6.07) is 14.1. The maximum atomic E-state index is 12.1. The lowest BCUT2D eigenvalue weighted by molar-refractivity contribution is 0.0934. The molecule has 2 aromatic carbocycles. The van der Waals surface area contributed by atoms with Crippen LogP contribution in [0.25, 0.3) is 0 Å². The fourth-order valence-corrected chi connectivity index (χ4v) is 2.46. The van der Waals surface area contributed by atoms with Crippen LogP contribution in [0.15, 0.2) is 53.0 Å². The van der Waals surface area contributed by atoms with Gasteiger partial charge in [0.15, 0.2) is 5.11 Å². The predicted molar refractivity (Wildman–Crippen MR) is 96.0 cm³/mol. The summed E-state index contributed by atoms with van der Waals surface area (Å²) in [5.74, 6) is -0.708. The molecule has 0 atom stereocenters. The van der Waals surface area contributed by atoms with E-state index in [-0.39, 0.29) is 16.9 Å². The lowest BCUT2D eigenvalue weighted by Crippen LogP contribution is -2.48. The molecule has 2 rings (SSSR count). The topological polar surface area (TPSA) is 70.2 Å². The zero-order valence-corrected chi connectivity index (χ0v) is 14.6. The largest absolute Gasteiger partial charge is 0.298 e. The van der Waals surface area contributed by atoms with E-state index in [1.54, 1.807) is 36.4 Å². The summed E-state index contributed by atoms with van der Waals surface area (Å²) in [6.45, 7) is 1.84. The summed E-state index contributed by atoms with van der Waals surface area (Å²) in [4.78, 5) is 24.1. The quantitative estimate of drug-likeness (QED) is 0.543. The molecule has 0 saturated heterocycles. The van der Waals surface area contributed by atoms with E-state index in [1.165, 1.54) is 0 Å². The molecule has 0 fully saturated rings. The second-order valence-electron chi connectivity index (χ2n) is 4.66. The van der Waals surface area contributed by atoms with Crippen molar-refractivity contribution in [2.45, 2.75) is 6.92 Å². The van der Waals surface area contributed by atoms with E-state index in [4.69, 9.17) is 12.2 Å². The maximum absolute atomic E-state index is 12.1. The number of carbonyl (C=O) groups is 2. The molecule has 2 aromatic rings. The monoisotopic (exact) mass is 391 g/mol. The van der Waals surface area contributed by atoms with Crippen molar-refractivity contribution in [3.05, 3.63) is 69.7 Å². The third-order valence-corrected chi connectivity index (χ3v) is 3.92. The average Bonchev–Trinajstić information content (AvgIpc) is 2.53. The van der Waals surface area contributed by atoms with Gasteiger partial charge in [-0.3, -0.25) is 25.8 Å². The molecule has 5 nitrogen and oxygen atoms in total. The fourth-order valence-electron chi connectivity index (χ4n) is 1.86. The van der Waals surface area contributed by atoms with Crippen LogP contribution in [0.1, 0.15) is 26.3 Å². The number of amides is 2.